The van der Waals surface area contributed by atoms with E-state index in [1.165, 1.54) is 0 Å². The second kappa shape index (κ2) is 8.97. The van der Waals surface area contributed by atoms with E-state index in [0.717, 1.165) is 18.2 Å². The van der Waals surface area contributed by atoms with E-state index in [1.807, 2.05) is 0 Å². The average molecular weight is 529 g/mol. The summed E-state index contributed by atoms with van der Waals surface area (Å²) in [4.78, 5) is 3.12. The lowest BCUT2D eigenvalue weighted by Gasteiger charge is -2.16. The molecule has 0 fully saturated rings. The second-order valence-electron chi connectivity index (χ2n) is 5.20. The Labute approximate surface area is 177 Å². The maximum absolute atomic E-state index is 13.2. The van der Waals surface area contributed by atoms with Crippen LogP contribution in [0.4, 0.5) is 30.7 Å². The van der Waals surface area contributed by atoms with E-state index >= 15 is 0 Å². The smallest absolute Gasteiger partial charge is 0.421 e. The molecule has 0 atom stereocenters. The molecule has 0 radical (unpaired) electrons. The van der Waals surface area contributed by atoms with Crippen molar-refractivity contribution in [1.82, 2.24) is 4.98 Å². The van der Waals surface area contributed by atoms with Gasteiger partial charge in [0.2, 0.25) is 5.88 Å². The Morgan fingerprint density at radius 3 is 2.10 bits per heavy atom. The van der Waals surface area contributed by atoms with E-state index in [1.54, 1.807) is 0 Å². The lowest BCUT2D eigenvalue weighted by atomic mass is 10.2. The highest BCUT2D eigenvalue weighted by Gasteiger charge is 2.40. The van der Waals surface area contributed by atoms with Gasteiger partial charge in [-0.2, -0.15) is 30.7 Å². The number of aromatic nitrogens is 1. The third kappa shape index (κ3) is 6.38. The van der Waals surface area contributed by atoms with Crippen molar-refractivity contribution in [3.63, 3.8) is 0 Å². The first-order valence-electron chi connectivity index (χ1n) is 7.24. The quantitative estimate of drug-likeness (QED) is 0.371. The Morgan fingerprint density at radius 2 is 1.62 bits per heavy atom. The van der Waals surface area contributed by atoms with Gasteiger partial charge in [-0.15, -0.1) is 0 Å². The Kier molecular flexibility index (Phi) is 7.28. The van der Waals surface area contributed by atoms with Crippen LogP contribution in [0, 0.1) is 0 Å². The zero-order chi connectivity index (χ0) is 22.0. The number of halogens is 10. The molecule has 0 aliphatic carbocycles. The fourth-order valence-electron chi connectivity index (χ4n) is 1.91. The van der Waals surface area contributed by atoms with Crippen LogP contribution in [-0.4, -0.2) is 11.6 Å². The number of rotatable bonds is 5. The minimum Gasteiger partial charge on any atom is -0.489 e. The van der Waals surface area contributed by atoms with Crippen LogP contribution in [0.2, 0.25) is 10.0 Å². The van der Waals surface area contributed by atoms with Gasteiger partial charge in [0.15, 0.2) is 10.5 Å². The molecular formula is C16H7BrCl2F7NO2. The number of benzene rings is 1. The number of nitrogens with zero attached hydrogens (tertiary/aromatic N) is 1. The molecule has 0 bridgehead atoms. The average Bonchev–Trinajstić information content (AvgIpc) is 2.56. The van der Waals surface area contributed by atoms with Crippen LogP contribution < -0.4 is 9.47 Å². The third-order valence-electron chi connectivity index (χ3n) is 3.14. The maximum atomic E-state index is 13.2. The number of alkyl halides is 6. The van der Waals surface area contributed by atoms with Gasteiger partial charge in [0.25, 0.3) is 0 Å². The Balaban J connectivity index is 2.39. The van der Waals surface area contributed by atoms with E-state index < -0.39 is 39.8 Å². The van der Waals surface area contributed by atoms with Crippen molar-refractivity contribution >= 4 is 39.1 Å². The van der Waals surface area contributed by atoms with Crippen molar-refractivity contribution in [2.24, 2.45) is 0 Å². The van der Waals surface area contributed by atoms with Crippen molar-refractivity contribution in [1.29, 1.82) is 0 Å². The van der Waals surface area contributed by atoms with Crippen LogP contribution in [0.3, 0.4) is 0 Å². The lowest BCUT2D eigenvalue weighted by molar-refractivity contribution is -0.144. The summed E-state index contributed by atoms with van der Waals surface area (Å²) in [5.74, 6) is -1.62. The van der Waals surface area contributed by atoms with E-state index in [0.29, 0.717) is 0 Å². The molecule has 3 nitrogen and oxygen atoms in total. The molecule has 29 heavy (non-hydrogen) atoms. The lowest BCUT2D eigenvalue weighted by Crippen LogP contribution is -2.13. The van der Waals surface area contributed by atoms with Gasteiger partial charge in [-0.3, -0.25) is 0 Å². The number of ether oxygens (including phenoxy) is 2. The van der Waals surface area contributed by atoms with Crippen LogP contribution >= 0.6 is 39.1 Å². The fraction of sp³-hybridized carbons (Fsp3) is 0.188. The van der Waals surface area contributed by atoms with Crippen molar-refractivity contribution in [3.05, 3.63) is 56.4 Å². The Morgan fingerprint density at radius 1 is 1.03 bits per heavy atom. The molecule has 0 saturated carbocycles. The highest BCUT2D eigenvalue weighted by Crippen LogP contribution is 2.44. The molecule has 0 aliphatic heterocycles. The Hall–Kier alpha value is -1.72. The highest BCUT2D eigenvalue weighted by molar-refractivity contribution is 9.11. The van der Waals surface area contributed by atoms with Crippen molar-refractivity contribution in [3.8, 4) is 17.4 Å². The van der Waals surface area contributed by atoms with Gasteiger partial charge in [0, 0.05) is 18.3 Å². The molecule has 1 aromatic heterocycles. The SMILES string of the molecule is FC(Br)=CCOc1cc(Cl)c(Oc2ncc(C(F)(F)F)cc2C(F)(F)F)c(Cl)c1. The fourth-order valence-corrected chi connectivity index (χ4v) is 2.58. The summed E-state index contributed by atoms with van der Waals surface area (Å²) in [7, 11) is 0. The van der Waals surface area contributed by atoms with Gasteiger partial charge in [-0.1, -0.05) is 23.2 Å². The van der Waals surface area contributed by atoms with Crippen molar-refractivity contribution < 1.29 is 40.2 Å². The minimum absolute atomic E-state index is 0.0359. The normalized spacial score (nSPS) is 12.8. The van der Waals surface area contributed by atoms with Gasteiger partial charge >= 0.3 is 12.4 Å². The van der Waals surface area contributed by atoms with E-state index in [2.05, 4.69) is 20.9 Å². The largest absolute Gasteiger partial charge is 0.489 e. The first-order chi connectivity index (χ1) is 13.3. The van der Waals surface area contributed by atoms with E-state index in [-0.39, 0.29) is 34.7 Å². The molecule has 13 heteroatoms. The van der Waals surface area contributed by atoms with Crippen LogP contribution in [0.5, 0.6) is 17.4 Å². The zero-order valence-electron chi connectivity index (χ0n) is 13.6. The van der Waals surface area contributed by atoms with Crippen LogP contribution in [0.1, 0.15) is 11.1 Å². The summed E-state index contributed by atoms with van der Waals surface area (Å²) in [6.07, 6.45) is -9.03. The zero-order valence-corrected chi connectivity index (χ0v) is 16.7. The van der Waals surface area contributed by atoms with Crippen LogP contribution in [0.25, 0.3) is 0 Å². The van der Waals surface area contributed by atoms with Gasteiger partial charge in [0.05, 0.1) is 15.6 Å². The number of pyridine rings is 1. The maximum Gasteiger partial charge on any atom is 0.421 e. The molecule has 158 valence electrons. The van der Waals surface area contributed by atoms with E-state index in [9.17, 15) is 30.7 Å². The molecule has 2 rings (SSSR count). The predicted molar refractivity (Wildman–Crippen MR) is 94.4 cm³/mol. The summed E-state index contributed by atoms with van der Waals surface area (Å²) < 4.78 is 99.6. The first kappa shape index (κ1) is 23.6. The monoisotopic (exact) mass is 527 g/mol. The van der Waals surface area contributed by atoms with Crippen molar-refractivity contribution in [2.75, 3.05) is 6.61 Å². The molecule has 1 heterocycles. The standard InChI is InChI=1S/C16H7BrCl2F7NO2/c17-12(20)1-2-28-8-4-10(18)13(11(19)5-8)29-14-9(16(24,25)26)3-7(6-27-14)15(21,22)23/h1,3-6H,2H2. The molecule has 0 unspecified atom stereocenters. The van der Waals surface area contributed by atoms with Gasteiger partial charge in [-0.05, 0) is 28.1 Å². The summed E-state index contributed by atoms with van der Waals surface area (Å²) >= 11 is 14.4. The third-order valence-corrected chi connectivity index (χ3v) is 4.03. The molecule has 0 aliphatic rings. The molecule has 0 saturated heterocycles. The summed E-state index contributed by atoms with van der Waals surface area (Å²) in [6.45, 7) is -0.220. The van der Waals surface area contributed by atoms with Crippen LogP contribution in [-0.2, 0) is 12.4 Å². The number of hydrogen-bond acceptors (Lipinski definition) is 3. The predicted octanol–water partition coefficient (Wildman–Crippen LogP) is 7.80. The molecule has 0 N–H and O–H groups in total. The molecule has 0 spiro atoms. The minimum atomic E-state index is -5.20. The summed E-state index contributed by atoms with van der Waals surface area (Å²) in [5, 5.41) is -0.628. The molecule has 1 aromatic carbocycles. The van der Waals surface area contributed by atoms with Crippen LogP contribution in [0.15, 0.2) is 35.2 Å². The highest BCUT2D eigenvalue weighted by atomic mass is 79.9. The molecular weight excluding hydrogens is 522 g/mol. The van der Waals surface area contributed by atoms with Gasteiger partial charge < -0.3 is 9.47 Å². The first-order valence-corrected chi connectivity index (χ1v) is 8.79. The number of hydrogen-bond donors (Lipinski definition) is 0. The summed E-state index contributed by atoms with van der Waals surface area (Å²) in [5.41, 5.74) is -3.37. The molecule has 2 aromatic rings. The van der Waals surface area contributed by atoms with Gasteiger partial charge in [0.1, 0.15) is 17.9 Å². The Bertz CT molecular complexity index is 905. The topological polar surface area (TPSA) is 31.4 Å². The van der Waals surface area contributed by atoms with Crippen molar-refractivity contribution in [2.45, 2.75) is 12.4 Å². The van der Waals surface area contributed by atoms with E-state index in [4.69, 9.17) is 32.7 Å². The molecule has 0 amide bonds. The second-order valence-corrected chi connectivity index (χ2v) is 6.77. The summed E-state index contributed by atoms with van der Waals surface area (Å²) in [6, 6.07) is 2.09. The van der Waals surface area contributed by atoms with Gasteiger partial charge in [-0.25, -0.2) is 4.98 Å².